The van der Waals surface area contributed by atoms with E-state index >= 15 is 0 Å². The highest BCUT2D eigenvalue weighted by Gasteiger charge is 2.06. The Morgan fingerprint density at radius 3 is 2.17 bits per heavy atom. The molecular formula is C25H24N2O2. The smallest absolute Gasteiger partial charge is 0.240 e. The molecule has 0 spiro atoms. The van der Waals surface area contributed by atoms with Gasteiger partial charge in [0, 0.05) is 12.1 Å². The highest BCUT2D eigenvalue weighted by atomic mass is 16.1. The maximum absolute atomic E-state index is 11.6. The lowest BCUT2D eigenvalue weighted by atomic mass is 9.97. The number of amides is 1. The molecule has 0 saturated heterocycles. The largest absolute Gasteiger partial charge is 0.326 e. The van der Waals surface area contributed by atoms with Crippen LogP contribution in [0.2, 0.25) is 0 Å². The average Bonchev–Trinajstić information content (AvgIpc) is 2.68. The van der Waals surface area contributed by atoms with Gasteiger partial charge in [0.25, 0.3) is 0 Å². The molecule has 0 saturated carbocycles. The van der Waals surface area contributed by atoms with Crippen LogP contribution in [0.15, 0.2) is 71.7 Å². The van der Waals surface area contributed by atoms with E-state index in [1.165, 1.54) is 11.1 Å². The standard InChI is InChI=1S/C25H24N2O2/c1-3-25(29)27-23-9-5-8-20(14-23)12-22-13-21(15-24(16-22)26-17-28)11-19-7-4-6-18(2)10-19/h4-10,13-16H,3,11-12H2,1-2H3,(H,27,29). The van der Waals surface area contributed by atoms with Gasteiger partial charge < -0.3 is 5.32 Å². The van der Waals surface area contributed by atoms with Gasteiger partial charge in [0.2, 0.25) is 12.0 Å². The lowest BCUT2D eigenvalue weighted by Gasteiger charge is -2.10. The van der Waals surface area contributed by atoms with Crippen molar-refractivity contribution in [1.29, 1.82) is 0 Å². The van der Waals surface area contributed by atoms with Crippen LogP contribution in [-0.2, 0) is 22.4 Å². The van der Waals surface area contributed by atoms with Crippen LogP contribution in [0.1, 0.15) is 41.2 Å². The summed E-state index contributed by atoms with van der Waals surface area (Å²) < 4.78 is 0. The first-order valence-corrected chi connectivity index (χ1v) is 9.71. The number of aryl methyl sites for hydroxylation is 1. The molecule has 0 aliphatic heterocycles. The fourth-order valence-corrected chi connectivity index (χ4v) is 3.37. The fourth-order valence-electron chi connectivity index (χ4n) is 3.37. The Hall–Kier alpha value is -3.49. The number of rotatable bonds is 7. The van der Waals surface area contributed by atoms with Gasteiger partial charge in [0.1, 0.15) is 0 Å². The number of anilines is 1. The van der Waals surface area contributed by atoms with Crippen molar-refractivity contribution in [2.75, 3.05) is 5.32 Å². The van der Waals surface area contributed by atoms with E-state index in [4.69, 9.17) is 0 Å². The second-order valence-electron chi connectivity index (χ2n) is 7.16. The van der Waals surface area contributed by atoms with Crippen LogP contribution < -0.4 is 5.32 Å². The van der Waals surface area contributed by atoms with Gasteiger partial charge in [0.15, 0.2) is 0 Å². The first-order chi connectivity index (χ1) is 14.1. The van der Waals surface area contributed by atoms with Crippen LogP contribution in [0.5, 0.6) is 0 Å². The van der Waals surface area contributed by atoms with E-state index in [0.29, 0.717) is 18.5 Å². The van der Waals surface area contributed by atoms with Gasteiger partial charge >= 0.3 is 0 Å². The van der Waals surface area contributed by atoms with Crippen LogP contribution in [0.3, 0.4) is 0 Å². The highest BCUT2D eigenvalue weighted by molar-refractivity contribution is 5.90. The second-order valence-corrected chi connectivity index (χ2v) is 7.16. The van der Waals surface area contributed by atoms with Crippen LogP contribution >= 0.6 is 0 Å². The van der Waals surface area contributed by atoms with Gasteiger partial charge in [-0.05, 0) is 66.3 Å². The molecule has 0 bridgehead atoms. The number of isocyanates is 1. The molecule has 0 fully saturated rings. The van der Waals surface area contributed by atoms with Crippen molar-refractivity contribution in [2.45, 2.75) is 33.1 Å². The third-order valence-electron chi connectivity index (χ3n) is 4.64. The maximum Gasteiger partial charge on any atom is 0.240 e. The summed E-state index contributed by atoms with van der Waals surface area (Å²) in [6.45, 7) is 3.90. The molecular weight excluding hydrogens is 360 g/mol. The molecule has 146 valence electrons. The van der Waals surface area contributed by atoms with Crippen molar-refractivity contribution < 1.29 is 9.59 Å². The lowest BCUT2D eigenvalue weighted by Crippen LogP contribution is -2.09. The van der Waals surface area contributed by atoms with E-state index in [-0.39, 0.29) is 5.91 Å². The molecule has 0 aromatic heterocycles. The third-order valence-corrected chi connectivity index (χ3v) is 4.64. The van der Waals surface area contributed by atoms with Crippen molar-refractivity contribution in [3.05, 3.63) is 94.5 Å². The Labute approximate surface area is 171 Å². The summed E-state index contributed by atoms with van der Waals surface area (Å²) in [5.41, 5.74) is 7.06. The zero-order valence-corrected chi connectivity index (χ0v) is 16.7. The molecule has 4 heteroatoms. The fraction of sp³-hybridized carbons (Fsp3) is 0.200. The number of carbonyl (C=O) groups excluding carboxylic acids is 2. The molecule has 29 heavy (non-hydrogen) atoms. The predicted molar refractivity (Wildman–Crippen MR) is 116 cm³/mol. The van der Waals surface area contributed by atoms with E-state index in [1.807, 2.05) is 43.3 Å². The van der Waals surface area contributed by atoms with Gasteiger partial charge in [-0.2, -0.15) is 4.99 Å². The van der Waals surface area contributed by atoms with Crippen molar-refractivity contribution >= 4 is 23.4 Å². The molecule has 3 aromatic rings. The summed E-state index contributed by atoms with van der Waals surface area (Å²) >= 11 is 0. The van der Waals surface area contributed by atoms with Gasteiger partial charge in [-0.25, -0.2) is 4.79 Å². The van der Waals surface area contributed by atoms with Crippen molar-refractivity contribution in [3.8, 4) is 0 Å². The Morgan fingerprint density at radius 1 is 0.897 bits per heavy atom. The summed E-state index contributed by atoms with van der Waals surface area (Å²) in [6, 6.07) is 22.2. The number of nitrogens with zero attached hydrogens (tertiary/aromatic N) is 1. The topological polar surface area (TPSA) is 58.5 Å². The van der Waals surface area contributed by atoms with Crippen LogP contribution in [0.25, 0.3) is 0 Å². The number of nitrogens with one attached hydrogen (secondary N) is 1. The summed E-state index contributed by atoms with van der Waals surface area (Å²) in [5.74, 6) is -0.00934. The molecule has 0 aliphatic carbocycles. The van der Waals surface area contributed by atoms with Crippen molar-refractivity contribution in [2.24, 2.45) is 4.99 Å². The minimum absolute atomic E-state index is 0.00934. The number of benzene rings is 3. The van der Waals surface area contributed by atoms with Crippen LogP contribution in [0, 0.1) is 6.92 Å². The molecule has 3 rings (SSSR count). The number of aliphatic imine (C=N–C) groups is 1. The maximum atomic E-state index is 11.6. The monoisotopic (exact) mass is 384 g/mol. The lowest BCUT2D eigenvalue weighted by molar-refractivity contribution is -0.115. The SMILES string of the molecule is CCC(=O)Nc1cccc(Cc2cc(Cc3cccc(C)c3)cc(N=C=O)c2)c1. The molecule has 0 radical (unpaired) electrons. The number of carbonyl (C=O) groups is 1. The zero-order chi connectivity index (χ0) is 20.6. The van der Waals surface area contributed by atoms with Crippen LogP contribution in [0.4, 0.5) is 11.4 Å². The Morgan fingerprint density at radius 2 is 1.55 bits per heavy atom. The molecule has 1 amide bonds. The van der Waals surface area contributed by atoms with Crippen LogP contribution in [-0.4, -0.2) is 12.0 Å². The molecule has 0 unspecified atom stereocenters. The number of hydrogen-bond donors (Lipinski definition) is 1. The van der Waals surface area contributed by atoms with Gasteiger partial charge in [0.05, 0.1) is 5.69 Å². The number of hydrogen-bond acceptors (Lipinski definition) is 3. The second kappa shape index (κ2) is 9.63. The highest BCUT2D eigenvalue weighted by Crippen LogP contribution is 2.23. The van der Waals surface area contributed by atoms with Gasteiger partial charge in [-0.15, -0.1) is 0 Å². The zero-order valence-electron chi connectivity index (χ0n) is 16.7. The summed E-state index contributed by atoms with van der Waals surface area (Å²) in [6.07, 6.45) is 3.53. The molecule has 1 N–H and O–H groups in total. The summed E-state index contributed by atoms with van der Waals surface area (Å²) in [5, 5.41) is 2.89. The summed E-state index contributed by atoms with van der Waals surface area (Å²) in [7, 11) is 0. The van der Waals surface area contributed by atoms with E-state index in [9.17, 15) is 9.59 Å². The minimum Gasteiger partial charge on any atom is -0.326 e. The molecule has 0 aliphatic rings. The quantitative estimate of drug-likeness (QED) is 0.432. The van der Waals surface area contributed by atoms with E-state index in [0.717, 1.165) is 28.8 Å². The van der Waals surface area contributed by atoms with E-state index in [2.05, 4.69) is 47.6 Å². The Balaban J connectivity index is 1.87. The summed E-state index contributed by atoms with van der Waals surface area (Å²) in [4.78, 5) is 26.3. The third kappa shape index (κ3) is 6.00. The molecule has 4 nitrogen and oxygen atoms in total. The molecule has 0 heterocycles. The Bertz CT molecular complexity index is 1070. The normalized spacial score (nSPS) is 10.3. The Kier molecular flexibility index (Phi) is 6.72. The van der Waals surface area contributed by atoms with E-state index in [1.54, 1.807) is 6.08 Å². The van der Waals surface area contributed by atoms with Crippen molar-refractivity contribution in [3.63, 3.8) is 0 Å². The van der Waals surface area contributed by atoms with Gasteiger partial charge in [-0.1, -0.05) is 55.0 Å². The minimum atomic E-state index is -0.00934. The molecule has 3 aromatic carbocycles. The van der Waals surface area contributed by atoms with E-state index < -0.39 is 0 Å². The van der Waals surface area contributed by atoms with Gasteiger partial charge in [-0.3, -0.25) is 4.79 Å². The average molecular weight is 384 g/mol. The molecule has 0 atom stereocenters. The predicted octanol–water partition coefficient (Wildman–Crippen LogP) is 5.49. The first kappa shape index (κ1) is 20.2. The first-order valence-electron chi connectivity index (χ1n) is 9.71. The van der Waals surface area contributed by atoms with Crippen molar-refractivity contribution in [1.82, 2.24) is 0 Å².